The van der Waals surface area contributed by atoms with Crippen LogP contribution >= 0.6 is 0 Å². The highest BCUT2D eigenvalue weighted by Gasteiger charge is 2.40. The van der Waals surface area contributed by atoms with Crippen molar-refractivity contribution in [2.24, 2.45) is 13.0 Å². The monoisotopic (exact) mass is 278 g/mol. The van der Waals surface area contributed by atoms with Crippen molar-refractivity contribution in [3.8, 4) is 0 Å². The van der Waals surface area contributed by atoms with Gasteiger partial charge in [0.25, 0.3) is 0 Å². The molecule has 0 amide bonds. The summed E-state index contributed by atoms with van der Waals surface area (Å²) in [6, 6.07) is 0.743. The van der Waals surface area contributed by atoms with Crippen molar-refractivity contribution >= 4 is 5.82 Å². The fourth-order valence-electron chi connectivity index (χ4n) is 3.83. The number of fused-ring (bicyclic) bond motifs is 2. The molecule has 0 aromatic carbocycles. The molecule has 1 saturated carbocycles. The maximum Gasteiger partial charge on any atom is 0.131 e. The van der Waals surface area contributed by atoms with Crippen LogP contribution in [0.1, 0.15) is 30.5 Å². The topological polar surface area (TPSA) is 42.3 Å². The number of aromatic nitrogens is 2. The number of hydrogen-bond donors (Lipinski definition) is 1. The summed E-state index contributed by atoms with van der Waals surface area (Å²) in [5, 5.41) is 8.10. The molecule has 1 aromatic rings. The first-order valence-electron chi connectivity index (χ1n) is 7.69. The molecule has 2 heterocycles. The smallest absolute Gasteiger partial charge is 0.131 e. The Bertz CT molecular complexity index is 471. The highest BCUT2D eigenvalue weighted by molar-refractivity contribution is 5.52. The van der Waals surface area contributed by atoms with Crippen LogP contribution in [0, 0.1) is 12.8 Å². The summed E-state index contributed by atoms with van der Waals surface area (Å²) in [5.74, 6) is 2.24. The highest BCUT2D eigenvalue weighted by atomic mass is 16.5. The summed E-state index contributed by atoms with van der Waals surface area (Å²) in [7, 11) is 3.82. The average molecular weight is 278 g/mol. The summed E-state index contributed by atoms with van der Waals surface area (Å²) in [6.07, 6.45) is 4.14. The van der Waals surface area contributed by atoms with Gasteiger partial charge in [-0.2, -0.15) is 5.10 Å². The van der Waals surface area contributed by atoms with E-state index >= 15 is 0 Å². The van der Waals surface area contributed by atoms with Crippen LogP contribution in [0.5, 0.6) is 0 Å². The molecule has 1 aliphatic carbocycles. The van der Waals surface area contributed by atoms with Gasteiger partial charge >= 0.3 is 0 Å². The predicted molar refractivity (Wildman–Crippen MR) is 80.0 cm³/mol. The molecule has 1 saturated heterocycles. The zero-order chi connectivity index (χ0) is 14.1. The summed E-state index contributed by atoms with van der Waals surface area (Å²) in [5.41, 5.74) is 2.51. The van der Waals surface area contributed by atoms with Crippen molar-refractivity contribution in [3.05, 3.63) is 11.3 Å². The molecule has 2 fully saturated rings. The largest absolute Gasteiger partial charge is 0.383 e. The number of aryl methyl sites for hydroxylation is 2. The maximum absolute atomic E-state index is 5.09. The second-order valence-corrected chi connectivity index (χ2v) is 6.17. The molecule has 112 valence electrons. The number of nitrogens with zero attached hydrogens (tertiary/aromatic N) is 3. The number of piperidine rings is 1. The molecule has 3 rings (SSSR count). The van der Waals surface area contributed by atoms with Crippen LogP contribution in [-0.4, -0.2) is 42.6 Å². The van der Waals surface area contributed by atoms with E-state index in [1.807, 2.05) is 0 Å². The van der Waals surface area contributed by atoms with E-state index in [0.717, 1.165) is 37.4 Å². The van der Waals surface area contributed by atoms with Crippen LogP contribution in [0.3, 0.4) is 0 Å². The Kier molecular flexibility index (Phi) is 3.98. The molecular formula is C15H26N4O. The lowest BCUT2D eigenvalue weighted by Crippen LogP contribution is -2.34. The standard InChI is InChI=1S/C15H26N4O/c1-11-14(9-16-6-7-20-3)15(18(2)17-11)19-10-12-4-5-13(19)8-12/h12-13,16H,4-10H2,1-3H3. The van der Waals surface area contributed by atoms with Crippen molar-refractivity contribution in [3.63, 3.8) is 0 Å². The zero-order valence-electron chi connectivity index (χ0n) is 12.9. The fourth-order valence-corrected chi connectivity index (χ4v) is 3.83. The van der Waals surface area contributed by atoms with Gasteiger partial charge in [-0.25, -0.2) is 0 Å². The van der Waals surface area contributed by atoms with Crippen molar-refractivity contribution in [2.45, 2.75) is 38.8 Å². The Balaban J connectivity index is 1.76. The van der Waals surface area contributed by atoms with Crippen LogP contribution in [-0.2, 0) is 18.3 Å². The average Bonchev–Trinajstić information content (AvgIpc) is 3.09. The van der Waals surface area contributed by atoms with Gasteiger partial charge < -0.3 is 15.0 Å². The molecule has 1 N–H and O–H groups in total. The summed E-state index contributed by atoms with van der Waals surface area (Å²) in [4.78, 5) is 2.60. The molecule has 2 unspecified atom stereocenters. The Morgan fingerprint density at radius 3 is 2.90 bits per heavy atom. The quantitative estimate of drug-likeness (QED) is 0.800. The van der Waals surface area contributed by atoms with Gasteiger partial charge in [-0.05, 0) is 32.1 Å². The SMILES string of the molecule is COCCNCc1c(C)nn(C)c1N1CC2CCC1C2. The fraction of sp³-hybridized carbons (Fsp3) is 0.800. The predicted octanol–water partition coefficient (Wildman–Crippen LogP) is 1.45. The summed E-state index contributed by atoms with van der Waals surface area (Å²) >= 11 is 0. The molecule has 1 aromatic heterocycles. The van der Waals surface area contributed by atoms with Gasteiger partial charge in [0, 0.05) is 45.4 Å². The van der Waals surface area contributed by atoms with Gasteiger partial charge in [0.1, 0.15) is 5.82 Å². The number of nitrogens with one attached hydrogen (secondary N) is 1. The van der Waals surface area contributed by atoms with Gasteiger partial charge in [-0.1, -0.05) is 0 Å². The minimum atomic E-state index is 0.743. The lowest BCUT2D eigenvalue weighted by atomic mass is 10.1. The van der Waals surface area contributed by atoms with E-state index in [4.69, 9.17) is 4.74 Å². The van der Waals surface area contributed by atoms with E-state index in [2.05, 4.69) is 34.0 Å². The third-order valence-corrected chi connectivity index (χ3v) is 4.78. The van der Waals surface area contributed by atoms with Crippen molar-refractivity contribution in [1.29, 1.82) is 0 Å². The van der Waals surface area contributed by atoms with Crippen LogP contribution < -0.4 is 10.2 Å². The molecule has 2 aliphatic rings. The Labute approximate surface area is 121 Å². The second kappa shape index (κ2) is 5.74. The van der Waals surface area contributed by atoms with E-state index in [0.29, 0.717) is 0 Å². The zero-order valence-corrected chi connectivity index (χ0v) is 12.9. The molecule has 1 aliphatic heterocycles. The Hall–Kier alpha value is -1.07. The molecule has 2 atom stereocenters. The number of methoxy groups -OCH3 is 1. The molecule has 0 radical (unpaired) electrons. The normalized spacial score (nSPS) is 24.9. The number of ether oxygens (including phenoxy) is 1. The van der Waals surface area contributed by atoms with Crippen LogP contribution in [0.2, 0.25) is 0 Å². The van der Waals surface area contributed by atoms with Gasteiger partial charge in [-0.15, -0.1) is 0 Å². The molecular weight excluding hydrogens is 252 g/mol. The number of rotatable bonds is 6. The van der Waals surface area contributed by atoms with E-state index in [1.165, 1.54) is 37.2 Å². The van der Waals surface area contributed by atoms with Crippen LogP contribution in [0.15, 0.2) is 0 Å². The molecule has 5 nitrogen and oxygen atoms in total. The minimum Gasteiger partial charge on any atom is -0.383 e. The lowest BCUT2D eigenvalue weighted by Gasteiger charge is -2.30. The van der Waals surface area contributed by atoms with Crippen LogP contribution in [0.25, 0.3) is 0 Å². The third kappa shape index (κ3) is 2.44. The number of anilines is 1. The number of hydrogen-bond acceptors (Lipinski definition) is 4. The van der Waals surface area contributed by atoms with E-state index in [9.17, 15) is 0 Å². The Morgan fingerprint density at radius 2 is 2.25 bits per heavy atom. The Morgan fingerprint density at radius 1 is 1.40 bits per heavy atom. The third-order valence-electron chi connectivity index (χ3n) is 4.78. The lowest BCUT2D eigenvalue weighted by molar-refractivity contribution is 0.199. The summed E-state index contributed by atoms with van der Waals surface area (Å²) in [6.45, 7) is 5.85. The minimum absolute atomic E-state index is 0.743. The highest BCUT2D eigenvalue weighted by Crippen LogP contribution is 2.41. The molecule has 5 heteroatoms. The van der Waals surface area contributed by atoms with Crippen molar-refractivity contribution in [2.75, 3.05) is 31.7 Å². The first-order chi connectivity index (χ1) is 9.70. The maximum atomic E-state index is 5.09. The van der Waals surface area contributed by atoms with Gasteiger partial charge in [0.15, 0.2) is 0 Å². The second-order valence-electron chi connectivity index (χ2n) is 6.17. The molecule has 2 bridgehead atoms. The van der Waals surface area contributed by atoms with Gasteiger partial charge in [0.05, 0.1) is 12.3 Å². The first kappa shape index (κ1) is 13.9. The summed E-state index contributed by atoms with van der Waals surface area (Å²) < 4.78 is 7.16. The molecule has 0 spiro atoms. The van der Waals surface area contributed by atoms with Gasteiger partial charge in [0.2, 0.25) is 0 Å². The van der Waals surface area contributed by atoms with Crippen LogP contribution in [0.4, 0.5) is 5.82 Å². The van der Waals surface area contributed by atoms with Crippen molar-refractivity contribution < 1.29 is 4.74 Å². The van der Waals surface area contributed by atoms with E-state index in [-0.39, 0.29) is 0 Å². The van der Waals surface area contributed by atoms with Crippen molar-refractivity contribution in [1.82, 2.24) is 15.1 Å². The van der Waals surface area contributed by atoms with E-state index < -0.39 is 0 Å². The van der Waals surface area contributed by atoms with Gasteiger partial charge in [-0.3, -0.25) is 4.68 Å². The first-order valence-corrected chi connectivity index (χ1v) is 7.69. The van der Waals surface area contributed by atoms with E-state index in [1.54, 1.807) is 7.11 Å². The molecule has 20 heavy (non-hydrogen) atoms.